The maximum absolute atomic E-state index is 5.62. The van der Waals surface area contributed by atoms with E-state index in [4.69, 9.17) is 4.74 Å². The monoisotopic (exact) mass is 284 g/mol. The van der Waals surface area contributed by atoms with E-state index in [2.05, 4.69) is 42.3 Å². The van der Waals surface area contributed by atoms with Crippen LogP contribution in [-0.4, -0.2) is 18.1 Å². The maximum Gasteiger partial charge on any atom is 0.119 e. The van der Waals surface area contributed by atoms with E-state index in [0.29, 0.717) is 6.61 Å². The zero-order chi connectivity index (χ0) is 15.1. The Hall–Kier alpha value is -1.87. The number of ether oxygens (including phenoxy) is 1. The highest BCUT2D eigenvalue weighted by molar-refractivity contribution is 5.38. The van der Waals surface area contributed by atoms with Gasteiger partial charge in [-0.05, 0) is 56.1 Å². The van der Waals surface area contributed by atoms with Crippen LogP contribution in [0.15, 0.2) is 42.6 Å². The topological polar surface area (TPSA) is 34.1 Å². The number of rotatable bonds is 7. The molecule has 0 aliphatic rings. The highest BCUT2D eigenvalue weighted by Gasteiger charge is 2.16. The number of pyridine rings is 1. The molecule has 0 saturated heterocycles. The van der Waals surface area contributed by atoms with Crippen molar-refractivity contribution in [1.29, 1.82) is 0 Å². The first-order valence-electron chi connectivity index (χ1n) is 7.64. The summed E-state index contributed by atoms with van der Waals surface area (Å²) in [4.78, 5) is 4.42. The number of benzene rings is 1. The molecule has 0 radical (unpaired) electrons. The Balaban J connectivity index is 2.36. The molecular formula is C18H24N2O. The fraction of sp³-hybridized carbons (Fsp3) is 0.389. The largest absolute Gasteiger partial charge is 0.494 e. The van der Waals surface area contributed by atoms with E-state index in [1.165, 1.54) is 11.1 Å². The fourth-order valence-electron chi connectivity index (χ4n) is 2.45. The summed E-state index contributed by atoms with van der Waals surface area (Å²) in [6.45, 7) is 7.89. The van der Waals surface area contributed by atoms with Gasteiger partial charge in [0.15, 0.2) is 0 Å². The molecule has 0 bridgehead atoms. The van der Waals surface area contributed by atoms with Crippen LogP contribution >= 0.6 is 0 Å². The first-order valence-corrected chi connectivity index (χ1v) is 7.64. The first-order chi connectivity index (χ1) is 10.3. The number of hydrogen-bond acceptors (Lipinski definition) is 3. The third-order valence-corrected chi connectivity index (χ3v) is 3.46. The van der Waals surface area contributed by atoms with E-state index in [1.54, 1.807) is 0 Å². The van der Waals surface area contributed by atoms with Gasteiger partial charge in [0.1, 0.15) is 5.75 Å². The molecule has 1 unspecified atom stereocenters. The summed E-state index contributed by atoms with van der Waals surface area (Å²) < 4.78 is 5.62. The number of aromatic nitrogens is 1. The van der Waals surface area contributed by atoms with Gasteiger partial charge < -0.3 is 10.1 Å². The molecule has 112 valence electrons. The van der Waals surface area contributed by atoms with Crippen LogP contribution < -0.4 is 10.1 Å². The molecule has 2 aromatic rings. The summed E-state index contributed by atoms with van der Waals surface area (Å²) >= 11 is 0. The van der Waals surface area contributed by atoms with Gasteiger partial charge in [0.25, 0.3) is 0 Å². The molecule has 0 spiro atoms. The fourth-order valence-corrected chi connectivity index (χ4v) is 2.45. The molecule has 2 rings (SSSR count). The van der Waals surface area contributed by atoms with Crippen LogP contribution in [0.5, 0.6) is 5.75 Å². The summed E-state index contributed by atoms with van der Waals surface area (Å²) in [6, 6.07) is 12.6. The van der Waals surface area contributed by atoms with Crippen LogP contribution in [0.25, 0.3) is 0 Å². The van der Waals surface area contributed by atoms with Crippen LogP contribution in [0.1, 0.15) is 43.1 Å². The predicted molar refractivity (Wildman–Crippen MR) is 86.7 cm³/mol. The Morgan fingerprint density at radius 2 is 2.05 bits per heavy atom. The molecule has 0 saturated carbocycles. The minimum Gasteiger partial charge on any atom is -0.494 e. The average molecular weight is 284 g/mol. The van der Waals surface area contributed by atoms with E-state index in [9.17, 15) is 0 Å². The third-order valence-electron chi connectivity index (χ3n) is 3.46. The first kappa shape index (κ1) is 15.5. The molecular weight excluding hydrogens is 260 g/mol. The van der Waals surface area contributed by atoms with Gasteiger partial charge in [-0.1, -0.05) is 25.1 Å². The standard InChI is InChI=1S/C18H24N2O/c1-4-11-20-18(17-10-7-12-19-14(17)3)15-8-6-9-16(13-15)21-5-2/h6-10,12-13,18,20H,4-5,11H2,1-3H3. The molecule has 0 aliphatic carbocycles. The van der Waals surface area contributed by atoms with Gasteiger partial charge in [-0.3, -0.25) is 4.98 Å². The second-order valence-electron chi connectivity index (χ2n) is 5.07. The number of hydrogen-bond donors (Lipinski definition) is 1. The van der Waals surface area contributed by atoms with Gasteiger partial charge >= 0.3 is 0 Å². The lowest BCUT2D eigenvalue weighted by Crippen LogP contribution is -2.24. The molecule has 0 aliphatic heterocycles. The van der Waals surface area contributed by atoms with Crippen molar-refractivity contribution >= 4 is 0 Å². The lowest BCUT2D eigenvalue weighted by molar-refractivity contribution is 0.339. The summed E-state index contributed by atoms with van der Waals surface area (Å²) in [5.41, 5.74) is 3.50. The summed E-state index contributed by atoms with van der Waals surface area (Å²) in [7, 11) is 0. The van der Waals surface area contributed by atoms with Gasteiger partial charge in [0, 0.05) is 11.9 Å². The maximum atomic E-state index is 5.62. The van der Waals surface area contributed by atoms with Gasteiger partial charge in [-0.25, -0.2) is 0 Å². The molecule has 1 heterocycles. The third kappa shape index (κ3) is 4.05. The van der Waals surface area contributed by atoms with Crippen LogP contribution in [0.3, 0.4) is 0 Å². The minimum absolute atomic E-state index is 0.152. The predicted octanol–water partition coefficient (Wildman–Crippen LogP) is 3.88. The van der Waals surface area contributed by atoms with E-state index in [0.717, 1.165) is 24.4 Å². The number of nitrogens with zero attached hydrogens (tertiary/aromatic N) is 1. The summed E-state index contributed by atoms with van der Waals surface area (Å²) in [6.07, 6.45) is 2.94. The average Bonchev–Trinajstić information content (AvgIpc) is 2.50. The molecule has 21 heavy (non-hydrogen) atoms. The molecule has 0 amide bonds. The Morgan fingerprint density at radius 3 is 2.76 bits per heavy atom. The van der Waals surface area contributed by atoms with Crippen LogP contribution in [0, 0.1) is 6.92 Å². The molecule has 1 aromatic carbocycles. The van der Waals surface area contributed by atoms with Crippen molar-refractivity contribution in [3.63, 3.8) is 0 Å². The lowest BCUT2D eigenvalue weighted by atomic mass is 9.97. The second-order valence-corrected chi connectivity index (χ2v) is 5.07. The van der Waals surface area contributed by atoms with Gasteiger partial charge in [-0.2, -0.15) is 0 Å². The van der Waals surface area contributed by atoms with Crippen LogP contribution in [0.2, 0.25) is 0 Å². The molecule has 1 aromatic heterocycles. The van der Waals surface area contributed by atoms with Crippen LogP contribution in [0.4, 0.5) is 0 Å². The number of aryl methyl sites for hydroxylation is 1. The summed E-state index contributed by atoms with van der Waals surface area (Å²) in [5.74, 6) is 0.917. The smallest absolute Gasteiger partial charge is 0.119 e. The molecule has 1 N–H and O–H groups in total. The van der Waals surface area contributed by atoms with Crippen molar-refractivity contribution in [2.75, 3.05) is 13.2 Å². The highest BCUT2D eigenvalue weighted by Crippen LogP contribution is 2.26. The van der Waals surface area contributed by atoms with E-state index >= 15 is 0 Å². The van der Waals surface area contributed by atoms with Crippen molar-refractivity contribution in [1.82, 2.24) is 10.3 Å². The zero-order valence-electron chi connectivity index (χ0n) is 13.1. The zero-order valence-corrected chi connectivity index (χ0v) is 13.1. The number of nitrogens with one attached hydrogen (secondary N) is 1. The van der Waals surface area contributed by atoms with Crippen molar-refractivity contribution in [3.05, 3.63) is 59.4 Å². The molecule has 3 nitrogen and oxygen atoms in total. The highest BCUT2D eigenvalue weighted by atomic mass is 16.5. The quantitative estimate of drug-likeness (QED) is 0.838. The Kier molecular flexibility index (Phi) is 5.76. The normalized spacial score (nSPS) is 12.1. The summed E-state index contributed by atoms with van der Waals surface area (Å²) in [5, 5.41) is 3.62. The minimum atomic E-state index is 0.152. The van der Waals surface area contributed by atoms with Gasteiger partial charge in [0.05, 0.1) is 12.6 Å². The second kappa shape index (κ2) is 7.79. The Morgan fingerprint density at radius 1 is 1.19 bits per heavy atom. The van der Waals surface area contributed by atoms with Crippen molar-refractivity contribution in [2.45, 2.75) is 33.2 Å². The molecule has 3 heteroatoms. The van der Waals surface area contributed by atoms with Crippen LogP contribution in [-0.2, 0) is 0 Å². The Labute approximate surface area is 127 Å². The van der Waals surface area contributed by atoms with E-state index in [1.807, 2.05) is 31.3 Å². The van der Waals surface area contributed by atoms with Crippen molar-refractivity contribution in [2.24, 2.45) is 0 Å². The lowest BCUT2D eigenvalue weighted by Gasteiger charge is -2.21. The van der Waals surface area contributed by atoms with Gasteiger partial charge in [0.2, 0.25) is 0 Å². The van der Waals surface area contributed by atoms with Crippen molar-refractivity contribution < 1.29 is 4.74 Å². The molecule has 1 atom stereocenters. The SMILES string of the molecule is CCCNC(c1cccc(OCC)c1)c1cccnc1C. The van der Waals surface area contributed by atoms with E-state index in [-0.39, 0.29) is 6.04 Å². The van der Waals surface area contributed by atoms with Crippen molar-refractivity contribution in [3.8, 4) is 5.75 Å². The molecule has 0 fully saturated rings. The van der Waals surface area contributed by atoms with Gasteiger partial charge in [-0.15, -0.1) is 0 Å². The van der Waals surface area contributed by atoms with E-state index < -0.39 is 0 Å². The Bertz CT molecular complexity index is 569.